The van der Waals surface area contributed by atoms with Gasteiger partial charge in [0, 0.05) is 0 Å². The number of aryl methyl sites for hydroxylation is 2. The molecular weight excluding hydrogens is 402 g/mol. The van der Waals surface area contributed by atoms with Crippen molar-refractivity contribution in [3.05, 3.63) is 83.4 Å². The summed E-state index contributed by atoms with van der Waals surface area (Å²) < 4.78 is 27.0. The second-order valence-electron chi connectivity index (χ2n) is 7.06. The van der Waals surface area contributed by atoms with Crippen LogP contribution in [-0.2, 0) is 23.1 Å². The third kappa shape index (κ3) is 3.75. The lowest BCUT2D eigenvalue weighted by Crippen LogP contribution is -2.29. The van der Waals surface area contributed by atoms with Crippen LogP contribution < -0.4 is 9.03 Å². The van der Waals surface area contributed by atoms with Gasteiger partial charge in [-0.25, -0.2) is 9.03 Å². The zero-order chi connectivity index (χ0) is 21.3. The first-order valence-electron chi connectivity index (χ1n) is 9.34. The molecule has 3 aromatic carbocycles. The molecule has 0 fully saturated rings. The predicted molar refractivity (Wildman–Crippen MR) is 114 cm³/mol. The van der Waals surface area contributed by atoms with Gasteiger partial charge in [-0.2, -0.15) is 13.7 Å². The summed E-state index contributed by atoms with van der Waals surface area (Å²) in [6.07, 6.45) is 3.43. The average molecular weight is 421 g/mol. The highest BCUT2D eigenvalue weighted by Crippen LogP contribution is 2.36. The summed E-state index contributed by atoms with van der Waals surface area (Å²) >= 11 is 0. The Morgan fingerprint density at radius 3 is 2.53 bits per heavy atom. The number of fused-ring (bicyclic) bond motifs is 1. The molecule has 4 rings (SSSR count). The molecule has 0 atom stereocenters. The molecule has 0 bridgehead atoms. The Morgan fingerprint density at radius 2 is 1.80 bits per heavy atom. The maximum absolute atomic E-state index is 12.1. The quantitative estimate of drug-likeness (QED) is 0.582. The van der Waals surface area contributed by atoms with E-state index in [9.17, 15) is 23.9 Å². The lowest BCUT2D eigenvalue weighted by Gasteiger charge is -2.16. The molecule has 0 unspecified atom stereocenters. The number of nitrogens with zero attached hydrogens (tertiary/aromatic N) is 2. The number of aromatic hydroxyl groups is 1. The van der Waals surface area contributed by atoms with Gasteiger partial charge in [-0.1, -0.05) is 36.4 Å². The van der Waals surface area contributed by atoms with Gasteiger partial charge in [-0.3, -0.25) is 0 Å². The second-order valence-corrected chi connectivity index (χ2v) is 8.61. The first-order chi connectivity index (χ1) is 14.4. The monoisotopic (exact) mass is 421 g/mol. The molecule has 0 saturated carbocycles. The minimum atomic E-state index is -3.99. The summed E-state index contributed by atoms with van der Waals surface area (Å²) in [5.41, 5.74) is 2.83. The topological polar surface area (TPSA) is 114 Å². The van der Waals surface area contributed by atoms with Crippen molar-refractivity contribution in [1.29, 1.82) is 5.26 Å². The SMILES string of the molecule is N#Cc1ccccc1CCCc1ccc2cc(O)c(N3C=C(O)NS3(=O)=O)cc2c1. The number of phenolic OH excluding ortho intramolecular Hbond substituents is 1. The Bertz CT molecular complexity index is 1310. The number of aliphatic hydroxyl groups excluding tert-OH is 1. The van der Waals surface area contributed by atoms with Crippen LogP contribution in [0.4, 0.5) is 5.69 Å². The first kappa shape index (κ1) is 19.6. The molecule has 0 amide bonds. The maximum atomic E-state index is 12.1. The molecule has 30 heavy (non-hydrogen) atoms. The van der Waals surface area contributed by atoms with Crippen molar-refractivity contribution in [1.82, 2.24) is 4.72 Å². The van der Waals surface area contributed by atoms with E-state index in [0.717, 1.165) is 51.7 Å². The normalized spacial score (nSPS) is 14.9. The van der Waals surface area contributed by atoms with Crippen LogP contribution >= 0.6 is 0 Å². The van der Waals surface area contributed by atoms with Gasteiger partial charge in [0.25, 0.3) is 0 Å². The first-order valence-corrected chi connectivity index (χ1v) is 10.8. The average Bonchev–Trinajstić information content (AvgIpc) is 2.99. The third-order valence-electron chi connectivity index (χ3n) is 5.02. The Balaban J connectivity index is 1.58. The third-order valence-corrected chi connectivity index (χ3v) is 6.30. The zero-order valence-corrected chi connectivity index (χ0v) is 16.7. The van der Waals surface area contributed by atoms with Crippen LogP contribution in [-0.4, -0.2) is 18.6 Å². The number of rotatable bonds is 5. The summed E-state index contributed by atoms with van der Waals surface area (Å²) in [6.45, 7) is 0. The van der Waals surface area contributed by atoms with Gasteiger partial charge >= 0.3 is 10.2 Å². The fourth-order valence-corrected chi connectivity index (χ4v) is 4.63. The summed E-state index contributed by atoms with van der Waals surface area (Å²) in [5, 5.41) is 30.5. The minimum Gasteiger partial charge on any atom is -0.506 e. The Hall–Kier alpha value is -3.70. The Morgan fingerprint density at radius 1 is 1.00 bits per heavy atom. The molecule has 1 heterocycles. The van der Waals surface area contributed by atoms with Crippen LogP contribution in [0.15, 0.2) is 66.7 Å². The van der Waals surface area contributed by atoms with Crippen LogP contribution in [0.25, 0.3) is 10.8 Å². The molecule has 0 aromatic heterocycles. The van der Waals surface area contributed by atoms with Crippen molar-refractivity contribution in [2.45, 2.75) is 19.3 Å². The molecule has 1 aliphatic heterocycles. The van der Waals surface area contributed by atoms with E-state index in [1.54, 1.807) is 6.07 Å². The zero-order valence-electron chi connectivity index (χ0n) is 15.9. The summed E-state index contributed by atoms with van der Waals surface area (Å²) in [6, 6.07) is 18.6. The largest absolute Gasteiger partial charge is 0.506 e. The van der Waals surface area contributed by atoms with Gasteiger partial charge in [0.2, 0.25) is 5.88 Å². The number of aliphatic hydroxyl groups is 1. The van der Waals surface area contributed by atoms with Crippen molar-refractivity contribution in [2.24, 2.45) is 0 Å². The van der Waals surface area contributed by atoms with Crippen LogP contribution in [0.1, 0.15) is 23.1 Å². The lowest BCUT2D eigenvalue weighted by atomic mass is 9.98. The lowest BCUT2D eigenvalue weighted by molar-refractivity contribution is 0.392. The van der Waals surface area contributed by atoms with E-state index in [0.29, 0.717) is 5.56 Å². The van der Waals surface area contributed by atoms with Gasteiger partial charge in [-0.05, 0) is 59.4 Å². The molecule has 1 aliphatic rings. The fourth-order valence-electron chi connectivity index (χ4n) is 3.57. The number of nitriles is 1. The number of hydrogen-bond donors (Lipinski definition) is 3. The van der Waals surface area contributed by atoms with Gasteiger partial charge < -0.3 is 10.2 Å². The molecule has 3 aromatic rings. The van der Waals surface area contributed by atoms with Crippen molar-refractivity contribution in [2.75, 3.05) is 4.31 Å². The molecular formula is C22H19N3O4S. The van der Waals surface area contributed by atoms with Crippen molar-refractivity contribution < 1.29 is 18.6 Å². The highest BCUT2D eigenvalue weighted by Gasteiger charge is 2.30. The molecule has 8 heteroatoms. The number of phenols is 1. The van der Waals surface area contributed by atoms with Crippen LogP contribution in [0.5, 0.6) is 5.75 Å². The van der Waals surface area contributed by atoms with E-state index < -0.39 is 16.1 Å². The highest BCUT2D eigenvalue weighted by atomic mass is 32.2. The van der Waals surface area contributed by atoms with Crippen LogP contribution in [0, 0.1) is 11.3 Å². The predicted octanol–water partition coefficient (Wildman–Crippen LogP) is 3.60. The number of hydrogen-bond acceptors (Lipinski definition) is 5. The van der Waals surface area contributed by atoms with E-state index in [4.69, 9.17) is 0 Å². The highest BCUT2D eigenvalue weighted by molar-refractivity contribution is 7.91. The van der Waals surface area contributed by atoms with E-state index in [1.807, 2.05) is 47.2 Å². The molecule has 0 spiro atoms. The number of anilines is 1. The van der Waals surface area contributed by atoms with Gasteiger partial charge in [-0.15, -0.1) is 0 Å². The van der Waals surface area contributed by atoms with Crippen molar-refractivity contribution in [3.63, 3.8) is 0 Å². The second kappa shape index (κ2) is 7.61. The van der Waals surface area contributed by atoms with E-state index in [2.05, 4.69) is 6.07 Å². The molecule has 0 radical (unpaired) electrons. The smallest absolute Gasteiger partial charge is 0.330 e. The van der Waals surface area contributed by atoms with Crippen LogP contribution in [0.2, 0.25) is 0 Å². The van der Waals surface area contributed by atoms with E-state index >= 15 is 0 Å². The van der Waals surface area contributed by atoms with Gasteiger partial charge in [0.15, 0.2) is 0 Å². The summed E-state index contributed by atoms with van der Waals surface area (Å²) in [5.74, 6) is -0.722. The molecule has 3 N–H and O–H groups in total. The number of nitrogens with one attached hydrogen (secondary N) is 1. The standard InChI is InChI=1S/C22H19N3O4S/c23-13-18-6-2-1-5-16(18)7-3-4-15-8-9-17-12-21(26)20(11-19(17)10-15)25-14-22(27)24-30(25,28)29/h1-2,5-6,8-12,14,24,26-27H,3-4,7H2. The van der Waals surface area contributed by atoms with Gasteiger partial charge in [0.05, 0.1) is 17.8 Å². The van der Waals surface area contributed by atoms with E-state index in [1.165, 1.54) is 6.07 Å². The number of benzene rings is 3. The fraction of sp³-hybridized carbons (Fsp3) is 0.136. The maximum Gasteiger partial charge on any atom is 0.330 e. The van der Waals surface area contributed by atoms with Gasteiger partial charge in [0.1, 0.15) is 11.4 Å². The Labute approximate surface area is 174 Å². The molecule has 0 aliphatic carbocycles. The van der Waals surface area contributed by atoms with Crippen molar-refractivity contribution in [3.8, 4) is 11.8 Å². The molecule has 7 nitrogen and oxygen atoms in total. The van der Waals surface area contributed by atoms with Crippen LogP contribution in [0.3, 0.4) is 0 Å². The summed E-state index contributed by atoms with van der Waals surface area (Å²) in [7, 11) is -3.99. The summed E-state index contributed by atoms with van der Waals surface area (Å²) in [4.78, 5) is 0. The Kier molecular flexibility index (Phi) is 4.98. The molecule has 152 valence electrons. The minimum absolute atomic E-state index is 0.0548. The molecule has 0 saturated heterocycles. The van der Waals surface area contributed by atoms with Crippen molar-refractivity contribution >= 4 is 26.7 Å². The van der Waals surface area contributed by atoms with E-state index in [-0.39, 0.29) is 11.4 Å².